The molecule has 0 spiro atoms. The standard InChI is InChI=1S/C15H19N3O2/c1-4-20-12-7-5-6-11(8-12)14-9-13(10(2)16)15(19)18(3)17-14/h5-10H,4,16H2,1-3H3. The van der Waals surface area contributed by atoms with Crippen molar-refractivity contribution >= 4 is 0 Å². The van der Waals surface area contributed by atoms with Gasteiger partial charge in [0.25, 0.3) is 5.56 Å². The molecule has 20 heavy (non-hydrogen) atoms. The average Bonchev–Trinajstić information content (AvgIpc) is 2.42. The van der Waals surface area contributed by atoms with Crippen molar-refractivity contribution in [2.75, 3.05) is 6.61 Å². The van der Waals surface area contributed by atoms with Gasteiger partial charge in [0.2, 0.25) is 0 Å². The van der Waals surface area contributed by atoms with Gasteiger partial charge in [-0.15, -0.1) is 0 Å². The Bertz CT molecular complexity index is 662. The van der Waals surface area contributed by atoms with E-state index in [9.17, 15) is 4.79 Å². The summed E-state index contributed by atoms with van der Waals surface area (Å²) in [5, 5.41) is 4.28. The summed E-state index contributed by atoms with van der Waals surface area (Å²) in [4.78, 5) is 12.0. The smallest absolute Gasteiger partial charge is 0.271 e. The molecule has 2 N–H and O–H groups in total. The molecule has 106 valence electrons. The van der Waals surface area contributed by atoms with Crippen molar-refractivity contribution in [3.63, 3.8) is 0 Å². The summed E-state index contributed by atoms with van der Waals surface area (Å²) in [6, 6.07) is 9.05. The van der Waals surface area contributed by atoms with Gasteiger partial charge >= 0.3 is 0 Å². The van der Waals surface area contributed by atoms with Crippen LogP contribution in [0.5, 0.6) is 5.75 Å². The van der Waals surface area contributed by atoms with Gasteiger partial charge in [0.05, 0.1) is 12.3 Å². The Balaban J connectivity index is 2.52. The van der Waals surface area contributed by atoms with Crippen LogP contribution in [0.2, 0.25) is 0 Å². The molecule has 2 aromatic rings. The van der Waals surface area contributed by atoms with Crippen LogP contribution >= 0.6 is 0 Å². The molecule has 1 aromatic heterocycles. The average molecular weight is 273 g/mol. The number of aromatic nitrogens is 2. The van der Waals surface area contributed by atoms with E-state index in [1.54, 1.807) is 20.0 Å². The van der Waals surface area contributed by atoms with Crippen LogP contribution in [-0.2, 0) is 7.05 Å². The Kier molecular flexibility index (Phi) is 4.20. The van der Waals surface area contributed by atoms with Gasteiger partial charge in [-0.1, -0.05) is 12.1 Å². The number of ether oxygens (including phenoxy) is 1. The summed E-state index contributed by atoms with van der Waals surface area (Å²) in [6.07, 6.45) is 0. The summed E-state index contributed by atoms with van der Waals surface area (Å²) >= 11 is 0. The summed E-state index contributed by atoms with van der Waals surface area (Å²) in [5.74, 6) is 0.781. The Hall–Kier alpha value is -2.14. The van der Waals surface area contributed by atoms with Crippen molar-refractivity contribution in [3.8, 4) is 17.0 Å². The van der Waals surface area contributed by atoms with Crippen molar-refractivity contribution in [1.29, 1.82) is 0 Å². The van der Waals surface area contributed by atoms with Crippen molar-refractivity contribution in [2.24, 2.45) is 12.8 Å². The fourth-order valence-corrected chi connectivity index (χ4v) is 2.01. The number of aryl methyl sites for hydroxylation is 1. The van der Waals surface area contributed by atoms with E-state index in [1.807, 2.05) is 31.2 Å². The lowest BCUT2D eigenvalue weighted by atomic mass is 10.1. The van der Waals surface area contributed by atoms with Crippen LogP contribution < -0.4 is 16.0 Å². The van der Waals surface area contributed by atoms with Crippen molar-refractivity contribution in [3.05, 3.63) is 46.2 Å². The monoisotopic (exact) mass is 273 g/mol. The van der Waals surface area contributed by atoms with Crippen molar-refractivity contribution in [2.45, 2.75) is 19.9 Å². The fraction of sp³-hybridized carbons (Fsp3) is 0.333. The first kappa shape index (κ1) is 14.3. The first-order valence-corrected chi connectivity index (χ1v) is 6.60. The van der Waals surface area contributed by atoms with Gasteiger partial charge in [-0.3, -0.25) is 4.79 Å². The van der Waals surface area contributed by atoms with E-state index < -0.39 is 0 Å². The minimum absolute atomic E-state index is 0.162. The zero-order chi connectivity index (χ0) is 14.7. The highest BCUT2D eigenvalue weighted by Crippen LogP contribution is 2.23. The molecule has 0 aliphatic rings. The van der Waals surface area contributed by atoms with Gasteiger partial charge < -0.3 is 10.5 Å². The van der Waals surface area contributed by atoms with E-state index in [2.05, 4.69) is 5.10 Å². The lowest BCUT2D eigenvalue weighted by Crippen LogP contribution is -2.27. The molecule has 0 aliphatic heterocycles. The van der Waals surface area contributed by atoms with Crippen LogP contribution in [0.3, 0.4) is 0 Å². The molecule has 5 heteroatoms. The van der Waals surface area contributed by atoms with Crippen LogP contribution in [0.25, 0.3) is 11.3 Å². The molecule has 5 nitrogen and oxygen atoms in total. The zero-order valence-electron chi connectivity index (χ0n) is 12.0. The van der Waals surface area contributed by atoms with Gasteiger partial charge in [0, 0.05) is 24.2 Å². The van der Waals surface area contributed by atoms with Gasteiger partial charge in [0.15, 0.2) is 0 Å². The maximum absolute atomic E-state index is 12.0. The number of nitrogens with two attached hydrogens (primary N) is 1. The Morgan fingerprint density at radius 2 is 2.15 bits per heavy atom. The van der Waals surface area contributed by atoms with E-state index in [0.717, 1.165) is 11.3 Å². The molecular weight excluding hydrogens is 254 g/mol. The number of hydrogen-bond acceptors (Lipinski definition) is 4. The van der Waals surface area contributed by atoms with Crippen molar-refractivity contribution < 1.29 is 4.74 Å². The second-order valence-corrected chi connectivity index (χ2v) is 4.66. The SMILES string of the molecule is CCOc1cccc(-c2cc(C(C)N)c(=O)n(C)n2)c1. The van der Waals surface area contributed by atoms with E-state index in [-0.39, 0.29) is 11.6 Å². The lowest BCUT2D eigenvalue weighted by Gasteiger charge is -2.11. The molecule has 0 bridgehead atoms. The Labute approximate surface area is 118 Å². The highest BCUT2D eigenvalue weighted by Gasteiger charge is 2.11. The van der Waals surface area contributed by atoms with Gasteiger partial charge in [-0.2, -0.15) is 5.10 Å². The highest BCUT2D eigenvalue weighted by atomic mass is 16.5. The first-order valence-electron chi connectivity index (χ1n) is 6.60. The summed E-state index contributed by atoms with van der Waals surface area (Å²) in [7, 11) is 1.63. The minimum atomic E-state index is -0.328. The van der Waals surface area contributed by atoms with Crippen LogP contribution in [0, 0.1) is 0 Å². The maximum atomic E-state index is 12.0. The fourth-order valence-electron chi connectivity index (χ4n) is 2.01. The largest absolute Gasteiger partial charge is 0.494 e. The number of rotatable bonds is 4. The van der Waals surface area contributed by atoms with Gasteiger partial charge in [-0.05, 0) is 32.0 Å². The molecule has 0 saturated carbocycles. The number of hydrogen-bond donors (Lipinski definition) is 1. The Morgan fingerprint density at radius 3 is 2.80 bits per heavy atom. The van der Waals surface area contributed by atoms with Crippen LogP contribution in [0.4, 0.5) is 0 Å². The topological polar surface area (TPSA) is 70.1 Å². The molecule has 1 unspecified atom stereocenters. The minimum Gasteiger partial charge on any atom is -0.494 e. The molecule has 1 atom stereocenters. The molecule has 0 aliphatic carbocycles. The van der Waals surface area contributed by atoms with E-state index >= 15 is 0 Å². The van der Waals surface area contributed by atoms with Crippen molar-refractivity contribution in [1.82, 2.24) is 9.78 Å². The molecule has 0 saturated heterocycles. The summed E-state index contributed by atoms with van der Waals surface area (Å²) < 4.78 is 6.80. The third-order valence-electron chi connectivity index (χ3n) is 3.02. The first-order chi connectivity index (χ1) is 9.52. The highest BCUT2D eigenvalue weighted by molar-refractivity contribution is 5.61. The zero-order valence-corrected chi connectivity index (χ0v) is 12.0. The molecule has 1 heterocycles. The van der Waals surface area contributed by atoms with Crippen LogP contribution in [-0.4, -0.2) is 16.4 Å². The van der Waals surface area contributed by atoms with Gasteiger partial charge in [-0.25, -0.2) is 4.68 Å². The van der Waals surface area contributed by atoms with Crippen LogP contribution in [0.15, 0.2) is 35.1 Å². The molecule has 0 fully saturated rings. The normalized spacial score (nSPS) is 12.2. The lowest BCUT2D eigenvalue weighted by molar-refractivity contribution is 0.340. The molecule has 1 aromatic carbocycles. The molecular formula is C15H19N3O2. The summed E-state index contributed by atoms with van der Waals surface area (Å²) in [6.45, 7) is 4.33. The third-order valence-corrected chi connectivity index (χ3v) is 3.02. The maximum Gasteiger partial charge on any atom is 0.271 e. The quantitative estimate of drug-likeness (QED) is 0.923. The number of benzene rings is 1. The Morgan fingerprint density at radius 1 is 1.40 bits per heavy atom. The van der Waals surface area contributed by atoms with E-state index in [1.165, 1.54) is 4.68 Å². The second kappa shape index (κ2) is 5.88. The van der Waals surface area contributed by atoms with E-state index in [4.69, 9.17) is 10.5 Å². The third kappa shape index (κ3) is 2.88. The second-order valence-electron chi connectivity index (χ2n) is 4.66. The summed E-state index contributed by atoms with van der Waals surface area (Å²) in [5.41, 5.74) is 7.84. The van der Waals surface area contributed by atoms with E-state index in [0.29, 0.717) is 17.9 Å². The molecule has 0 amide bonds. The predicted octanol–water partition coefficient (Wildman–Crippen LogP) is 1.87. The molecule has 0 radical (unpaired) electrons. The number of nitrogens with zero attached hydrogens (tertiary/aromatic N) is 2. The molecule has 2 rings (SSSR count). The predicted molar refractivity (Wildman–Crippen MR) is 78.7 cm³/mol. The van der Waals surface area contributed by atoms with Gasteiger partial charge in [0.1, 0.15) is 5.75 Å². The van der Waals surface area contributed by atoms with Crippen LogP contribution in [0.1, 0.15) is 25.5 Å².